The van der Waals surface area contributed by atoms with Gasteiger partial charge in [-0.25, -0.2) is 0 Å². The minimum Gasteiger partial charge on any atom is -0.361 e. The average Bonchev–Trinajstić information content (AvgIpc) is 3.69. The highest BCUT2D eigenvalue weighted by molar-refractivity contribution is 5.94. The van der Waals surface area contributed by atoms with Crippen molar-refractivity contribution in [1.82, 2.24) is 20.2 Å². The van der Waals surface area contributed by atoms with E-state index in [-0.39, 0.29) is 18.0 Å². The number of hydrogen-bond acceptors (Lipinski definition) is 3. The quantitative estimate of drug-likeness (QED) is 0.240. The Labute approximate surface area is 241 Å². The first-order valence-corrected chi connectivity index (χ1v) is 15.3. The number of fused-ring (bicyclic) bond motifs is 1. The number of piperidine rings is 1. The summed E-state index contributed by atoms with van der Waals surface area (Å²) in [6.07, 6.45) is 11.4. The van der Waals surface area contributed by atoms with Crippen molar-refractivity contribution in [2.75, 3.05) is 6.54 Å². The van der Waals surface area contributed by atoms with Gasteiger partial charge in [0.25, 0.3) is 11.5 Å². The van der Waals surface area contributed by atoms with Gasteiger partial charge in [-0.15, -0.1) is 0 Å². The molecular formula is C35H40N4O2. The zero-order chi connectivity index (χ0) is 28.1. The highest BCUT2D eigenvalue weighted by Crippen LogP contribution is 2.57. The lowest BCUT2D eigenvalue weighted by atomic mass is 9.56. The number of likely N-dealkylation sites (tertiary alicyclic amines) is 1. The molecule has 6 heteroatoms. The minimum atomic E-state index is -0.171. The minimum absolute atomic E-state index is 0.159. The van der Waals surface area contributed by atoms with E-state index in [1.54, 1.807) is 23.9 Å². The molecule has 1 atom stereocenters. The van der Waals surface area contributed by atoms with Crippen molar-refractivity contribution in [2.24, 2.45) is 11.3 Å². The van der Waals surface area contributed by atoms with Crippen molar-refractivity contribution in [2.45, 2.75) is 77.4 Å². The van der Waals surface area contributed by atoms with Crippen LogP contribution in [-0.4, -0.2) is 27.3 Å². The largest absolute Gasteiger partial charge is 0.361 e. The molecule has 1 spiro atoms. The van der Waals surface area contributed by atoms with Crippen LogP contribution < -0.4 is 10.9 Å². The molecule has 0 bridgehead atoms. The number of amides is 1. The Morgan fingerprint density at radius 1 is 1.05 bits per heavy atom. The maximum Gasteiger partial charge on any atom is 0.252 e. The molecule has 4 aromatic rings. The fourth-order valence-corrected chi connectivity index (χ4v) is 7.85. The maximum absolute atomic E-state index is 12.9. The third-order valence-electron chi connectivity index (χ3n) is 10.0. The fourth-order valence-electron chi connectivity index (χ4n) is 7.85. The average molecular weight is 549 g/mol. The highest BCUT2D eigenvalue weighted by atomic mass is 16.1. The summed E-state index contributed by atoms with van der Waals surface area (Å²) in [6.45, 7) is 6.90. The molecule has 1 amide bonds. The molecule has 3 N–H and O–H groups in total. The van der Waals surface area contributed by atoms with Crippen LogP contribution in [0.2, 0.25) is 0 Å². The molecule has 3 aliphatic rings. The Balaban J connectivity index is 1.15. The number of aryl methyl sites for hydroxylation is 1. The number of benzene rings is 2. The molecule has 3 fully saturated rings. The standard InChI is InChI=1S/C35H40N4O2/c1-22-17-35(18-22)12-15-39(21-30-28-11-14-36-32(28)23(2)16-29(30)24-5-6-24)31(19-35)25-7-9-26(10-8-25)33(40)38-20-27-4-3-13-37-34(27)41/h3-4,7-11,13-14,16,22,24,31,36H,5-6,12,15,17-21H2,1-2H3,(H,37,41)(H,38,40)/t22?,31-,35?/m0/s1. The van der Waals surface area contributed by atoms with Crippen LogP contribution in [-0.2, 0) is 13.1 Å². The molecule has 0 radical (unpaired) electrons. The van der Waals surface area contributed by atoms with Crippen molar-refractivity contribution in [1.29, 1.82) is 0 Å². The van der Waals surface area contributed by atoms with Crippen molar-refractivity contribution in [3.05, 3.63) is 105 Å². The van der Waals surface area contributed by atoms with E-state index in [2.05, 4.69) is 64.5 Å². The number of carbonyl (C=O) groups is 1. The van der Waals surface area contributed by atoms with Crippen LogP contribution in [0.3, 0.4) is 0 Å². The number of aromatic nitrogens is 2. The van der Waals surface area contributed by atoms with Gasteiger partial charge in [0.1, 0.15) is 0 Å². The summed E-state index contributed by atoms with van der Waals surface area (Å²) in [7, 11) is 0. The third kappa shape index (κ3) is 5.03. The zero-order valence-electron chi connectivity index (χ0n) is 24.1. The summed E-state index contributed by atoms with van der Waals surface area (Å²) in [5, 5.41) is 4.28. The molecule has 2 aliphatic carbocycles. The second kappa shape index (κ2) is 10.3. The first-order chi connectivity index (χ1) is 19.9. The summed E-state index contributed by atoms with van der Waals surface area (Å²) in [5.74, 6) is 1.37. The molecule has 1 saturated heterocycles. The number of nitrogens with one attached hydrogen (secondary N) is 3. The Morgan fingerprint density at radius 2 is 1.85 bits per heavy atom. The highest BCUT2D eigenvalue weighted by Gasteiger charge is 2.47. The Morgan fingerprint density at radius 3 is 2.59 bits per heavy atom. The van der Waals surface area contributed by atoms with E-state index in [0.29, 0.717) is 28.5 Å². The van der Waals surface area contributed by atoms with Gasteiger partial charge in [0.2, 0.25) is 0 Å². The molecule has 2 aromatic heterocycles. The second-order valence-electron chi connectivity index (χ2n) is 13.1. The third-order valence-corrected chi connectivity index (χ3v) is 10.0. The van der Waals surface area contributed by atoms with Gasteiger partial charge < -0.3 is 15.3 Å². The van der Waals surface area contributed by atoms with E-state index in [0.717, 1.165) is 19.0 Å². The van der Waals surface area contributed by atoms with Crippen LogP contribution in [0.1, 0.15) is 95.6 Å². The molecule has 6 nitrogen and oxygen atoms in total. The molecule has 2 aromatic carbocycles. The molecule has 3 heterocycles. The van der Waals surface area contributed by atoms with E-state index in [1.165, 1.54) is 66.1 Å². The van der Waals surface area contributed by atoms with Crippen LogP contribution in [0.4, 0.5) is 0 Å². The molecular weight excluding hydrogens is 508 g/mol. The molecule has 0 unspecified atom stereocenters. The van der Waals surface area contributed by atoms with Crippen LogP contribution in [0, 0.1) is 18.3 Å². The number of rotatable bonds is 7. The van der Waals surface area contributed by atoms with Crippen LogP contribution in [0.25, 0.3) is 10.9 Å². The fraction of sp³-hybridized carbons (Fsp3) is 0.429. The number of aromatic amines is 2. The normalized spacial score (nSPS) is 24.4. The number of nitrogens with zero attached hydrogens (tertiary/aromatic N) is 1. The van der Waals surface area contributed by atoms with Gasteiger partial charge in [-0.3, -0.25) is 14.5 Å². The second-order valence-corrected chi connectivity index (χ2v) is 13.1. The van der Waals surface area contributed by atoms with Gasteiger partial charge in [0, 0.05) is 53.6 Å². The Bertz CT molecular complexity index is 1640. The van der Waals surface area contributed by atoms with Crippen molar-refractivity contribution in [3.8, 4) is 0 Å². The van der Waals surface area contributed by atoms with Gasteiger partial charge in [-0.2, -0.15) is 0 Å². The monoisotopic (exact) mass is 548 g/mol. The van der Waals surface area contributed by atoms with E-state index < -0.39 is 0 Å². The lowest BCUT2D eigenvalue weighted by Gasteiger charge is -2.54. The van der Waals surface area contributed by atoms with Crippen LogP contribution in [0.5, 0.6) is 0 Å². The summed E-state index contributed by atoms with van der Waals surface area (Å²) < 4.78 is 0. The molecule has 212 valence electrons. The predicted molar refractivity (Wildman–Crippen MR) is 163 cm³/mol. The molecule has 41 heavy (non-hydrogen) atoms. The Kier molecular flexibility index (Phi) is 6.61. The summed E-state index contributed by atoms with van der Waals surface area (Å²) in [6, 6.07) is 16.8. The van der Waals surface area contributed by atoms with Gasteiger partial charge in [-0.1, -0.05) is 31.2 Å². The first kappa shape index (κ1) is 26.3. The Hall–Kier alpha value is -3.64. The SMILES string of the molecule is Cc1cc(C2CC2)c(CN2CCC3(CC(C)C3)C[C@H]2c2ccc(C(=O)NCc3ccc[nH]c3=O)cc2)c2cc[nH]c12. The van der Waals surface area contributed by atoms with E-state index in [9.17, 15) is 9.59 Å². The maximum atomic E-state index is 12.9. The lowest BCUT2D eigenvalue weighted by Crippen LogP contribution is -2.47. The number of H-pyrrole nitrogens is 2. The number of hydrogen-bond donors (Lipinski definition) is 3. The van der Waals surface area contributed by atoms with Crippen LogP contribution in [0.15, 0.2) is 65.7 Å². The van der Waals surface area contributed by atoms with Crippen molar-refractivity contribution >= 4 is 16.8 Å². The molecule has 7 rings (SSSR count). The van der Waals surface area contributed by atoms with E-state index in [1.807, 2.05) is 12.1 Å². The smallest absolute Gasteiger partial charge is 0.252 e. The summed E-state index contributed by atoms with van der Waals surface area (Å²) >= 11 is 0. The zero-order valence-corrected chi connectivity index (χ0v) is 24.1. The van der Waals surface area contributed by atoms with Gasteiger partial charge >= 0.3 is 0 Å². The van der Waals surface area contributed by atoms with E-state index in [4.69, 9.17) is 0 Å². The van der Waals surface area contributed by atoms with E-state index >= 15 is 0 Å². The van der Waals surface area contributed by atoms with Gasteiger partial charge in [-0.05, 0) is 116 Å². The van der Waals surface area contributed by atoms with Gasteiger partial charge in [0.15, 0.2) is 0 Å². The van der Waals surface area contributed by atoms with Crippen LogP contribution >= 0.6 is 0 Å². The topological polar surface area (TPSA) is 81.0 Å². The lowest BCUT2D eigenvalue weighted by molar-refractivity contribution is -0.0396. The number of carbonyl (C=O) groups excluding carboxylic acids is 1. The van der Waals surface area contributed by atoms with Gasteiger partial charge in [0.05, 0.1) is 0 Å². The predicted octanol–water partition coefficient (Wildman–Crippen LogP) is 6.73. The molecule has 2 saturated carbocycles. The number of pyridine rings is 1. The summed E-state index contributed by atoms with van der Waals surface area (Å²) in [4.78, 5) is 33.8. The van der Waals surface area contributed by atoms with Crippen molar-refractivity contribution < 1.29 is 4.79 Å². The first-order valence-electron chi connectivity index (χ1n) is 15.3. The van der Waals surface area contributed by atoms with Crippen molar-refractivity contribution in [3.63, 3.8) is 0 Å². The summed E-state index contributed by atoms with van der Waals surface area (Å²) in [5.41, 5.74) is 8.43. The molecule has 1 aliphatic heterocycles.